The molecule has 2 saturated heterocycles. The summed E-state index contributed by atoms with van der Waals surface area (Å²) in [6, 6.07) is 2.19. The number of piperidine rings is 1. The van der Waals surface area contributed by atoms with E-state index in [9.17, 15) is 0 Å². The van der Waals surface area contributed by atoms with Crippen molar-refractivity contribution in [3.8, 4) is 6.01 Å². The van der Waals surface area contributed by atoms with Crippen LogP contribution in [0, 0.1) is 0 Å². The first-order valence-corrected chi connectivity index (χ1v) is 7.92. The molecule has 0 unspecified atom stereocenters. The first kappa shape index (κ1) is 14.3. The number of anilines is 1. The van der Waals surface area contributed by atoms with Crippen molar-refractivity contribution in [3.05, 3.63) is 37.1 Å². The molecular weight excluding hydrogens is 294 g/mol. The van der Waals surface area contributed by atoms with Crippen molar-refractivity contribution in [2.75, 3.05) is 24.6 Å². The van der Waals surface area contributed by atoms with Gasteiger partial charge in [0.2, 0.25) is 0 Å². The minimum atomic E-state index is -0.171. The molecule has 2 atom stereocenters. The van der Waals surface area contributed by atoms with Crippen molar-refractivity contribution in [1.82, 2.24) is 19.9 Å². The van der Waals surface area contributed by atoms with Gasteiger partial charge in [-0.05, 0) is 18.9 Å². The Morgan fingerprint density at radius 3 is 2.91 bits per heavy atom. The second kappa shape index (κ2) is 6.08. The third-order valence-electron chi connectivity index (χ3n) is 4.40. The molecule has 4 heterocycles. The molecular formula is C16H19N5O2. The molecule has 7 nitrogen and oxygen atoms in total. The quantitative estimate of drug-likeness (QED) is 0.849. The van der Waals surface area contributed by atoms with Gasteiger partial charge in [-0.3, -0.25) is 4.98 Å². The van der Waals surface area contributed by atoms with Crippen LogP contribution in [-0.4, -0.2) is 51.3 Å². The minimum absolute atomic E-state index is 0.000734. The maximum atomic E-state index is 6.15. The number of aromatic nitrogens is 4. The number of hydrogen-bond acceptors (Lipinski definition) is 7. The molecule has 23 heavy (non-hydrogen) atoms. The molecule has 120 valence electrons. The molecule has 7 heteroatoms. The Morgan fingerprint density at radius 1 is 1.17 bits per heavy atom. The maximum Gasteiger partial charge on any atom is 0.316 e. The molecule has 0 bridgehead atoms. The lowest BCUT2D eigenvalue weighted by Gasteiger charge is -2.40. The Bertz CT molecular complexity index is 641. The third kappa shape index (κ3) is 3.10. The van der Waals surface area contributed by atoms with E-state index >= 15 is 0 Å². The van der Waals surface area contributed by atoms with Gasteiger partial charge < -0.3 is 14.4 Å². The Balaban J connectivity index is 1.43. The fraction of sp³-hybridized carbons (Fsp3) is 0.500. The molecule has 2 fully saturated rings. The summed E-state index contributed by atoms with van der Waals surface area (Å²) in [6.07, 6.45) is 11.6. The lowest BCUT2D eigenvalue weighted by Crippen LogP contribution is -2.48. The average molecular weight is 313 g/mol. The van der Waals surface area contributed by atoms with E-state index < -0.39 is 0 Å². The minimum Gasteiger partial charge on any atom is -0.458 e. The summed E-state index contributed by atoms with van der Waals surface area (Å²) in [6.45, 7) is 2.38. The van der Waals surface area contributed by atoms with Crippen LogP contribution in [0.3, 0.4) is 0 Å². The van der Waals surface area contributed by atoms with Gasteiger partial charge in [0.25, 0.3) is 0 Å². The van der Waals surface area contributed by atoms with Crippen molar-refractivity contribution in [2.45, 2.75) is 31.0 Å². The second-order valence-electron chi connectivity index (χ2n) is 6.06. The fourth-order valence-corrected chi connectivity index (χ4v) is 3.41. The van der Waals surface area contributed by atoms with E-state index in [1.807, 2.05) is 0 Å². The zero-order chi connectivity index (χ0) is 15.5. The smallest absolute Gasteiger partial charge is 0.316 e. The summed E-state index contributed by atoms with van der Waals surface area (Å²) >= 11 is 0. The molecule has 1 spiro atoms. The fourth-order valence-electron chi connectivity index (χ4n) is 3.41. The van der Waals surface area contributed by atoms with E-state index in [-0.39, 0.29) is 11.7 Å². The van der Waals surface area contributed by atoms with Gasteiger partial charge in [-0.1, -0.05) is 0 Å². The van der Waals surface area contributed by atoms with Gasteiger partial charge in [-0.2, -0.15) is 0 Å². The van der Waals surface area contributed by atoms with Gasteiger partial charge in [0.05, 0.1) is 18.4 Å². The highest BCUT2D eigenvalue weighted by molar-refractivity contribution is 5.36. The van der Waals surface area contributed by atoms with Crippen LogP contribution in [0.2, 0.25) is 0 Å². The van der Waals surface area contributed by atoms with E-state index in [2.05, 4.69) is 24.8 Å². The predicted molar refractivity (Wildman–Crippen MR) is 83.2 cm³/mol. The molecule has 0 aromatic carbocycles. The van der Waals surface area contributed by atoms with Crippen molar-refractivity contribution in [2.24, 2.45) is 0 Å². The lowest BCUT2D eigenvalue weighted by atomic mass is 9.89. The van der Waals surface area contributed by atoms with Crippen molar-refractivity contribution in [1.29, 1.82) is 0 Å². The summed E-state index contributed by atoms with van der Waals surface area (Å²) in [5.74, 6) is 0.908. The third-order valence-corrected chi connectivity index (χ3v) is 4.40. The molecule has 2 aliphatic rings. The molecule has 0 radical (unpaired) electrons. The summed E-state index contributed by atoms with van der Waals surface area (Å²) in [5.41, 5.74) is -0.171. The number of hydrogen-bond donors (Lipinski definition) is 0. The summed E-state index contributed by atoms with van der Waals surface area (Å²) in [5, 5.41) is 0. The van der Waals surface area contributed by atoms with Crippen LogP contribution >= 0.6 is 0 Å². The summed E-state index contributed by atoms with van der Waals surface area (Å²) in [4.78, 5) is 19.0. The number of nitrogens with zero attached hydrogens (tertiary/aromatic N) is 5. The Hall–Kier alpha value is -2.28. The normalized spacial score (nSPS) is 27.3. The largest absolute Gasteiger partial charge is 0.458 e. The number of ether oxygens (including phenoxy) is 2. The highest BCUT2D eigenvalue weighted by atomic mass is 16.6. The molecule has 2 aliphatic heterocycles. The highest BCUT2D eigenvalue weighted by Crippen LogP contribution is 2.36. The van der Waals surface area contributed by atoms with E-state index in [4.69, 9.17) is 9.47 Å². The van der Waals surface area contributed by atoms with Crippen LogP contribution in [-0.2, 0) is 4.74 Å². The van der Waals surface area contributed by atoms with Gasteiger partial charge in [-0.15, -0.1) is 0 Å². The van der Waals surface area contributed by atoms with Gasteiger partial charge >= 0.3 is 6.01 Å². The van der Waals surface area contributed by atoms with Gasteiger partial charge in [-0.25, -0.2) is 15.0 Å². The van der Waals surface area contributed by atoms with Crippen molar-refractivity contribution < 1.29 is 9.47 Å². The van der Waals surface area contributed by atoms with Crippen LogP contribution in [0.5, 0.6) is 6.01 Å². The molecule has 0 saturated carbocycles. The van der Waals surface area contributed by atoms with E-state index in [0.717, 1.165) is 38.2 Å². The van der Waals surface area contributed by atoms with Gasteiger partial charge in [0.1, 0.15) is 11.9 Å². The molecule has 2 aromatic rings. The molecule has 4 rings (SSSR count). The monoisotopic (exact) mass is 313 g/mol. The van der Waals surface area contributed by atoms with Crippen LogP contribution < -0.4 is 9.64 Å². The highest BCUT2D eigenvalue weighted by Gasteiger charge is 2.45. The Labute approximate surface area is 134 Å². The van der Waals surface area contributed by atoms with Crippen LogP contribution in [0.25, 0.3) is 0 Å². The topological polar surface area (TPSA) is 73.3 Å². The Kier molecular flexibility index (Phi) is 3.78. The second-order valence-corrected chi connectivity index (χ2v) is 6.06. The van der Waals surface area contributed by atoms with E-state index in [0.29, 0.717) is 12.6 Å². The van der Waals surface area contributed by atoms with E-state index in [1.54, 1.807) is 37.1 Å². The zero-order valence-electron chi connectivity index (χ0n) is 12.8. The van der Waals surface area contributed by atoms with Crippen LogP contribution in [0.15, 0.2) is 37.1 Å². The number of rotatable bonds is 3. The standard InChI is InChI=1S/C16H19N5O2/c1-3-16(12-21(8-1)14-10-17-6-7-18-14)9-13(11-22-16)23-15-19-4-2-5-20-15/h2,4-7,10,13H,1,3,8-9,11-12H2/t13-,16+/m1/s1. The van der Waals surface area contributed by atoms with Gasteiger partial charge in [0.15, 0.2) is 0 Å². The van der Waals surface area contributed by atoms with Crippen molar-refractivity contribution >= 4 is 5.82 Å². The zero-order valence-corrected chi connectivity index (χ0v) is 12.8. The molecule has 0 amide bonds. The summed E-state index contributed by atoms with van der Waals surface area (Å²) < 4.78 is 12.0. The van der Waals surface area contributed by atoms with Crippen LogP contribution in [0.1, 0.15) is 19.3 Å². The first-order valence-electron chi connectivity index (χ1n) is 7.92. The van der Waals surface area contributed by atoms with E-state index in [1.165, 1.54) is 0 Å². The SMILES string of the molecule is c1cnc(O[C@H]2CO[C@@]3(CCCN(c4cnccn4)C3)C2)nc1. The maximum absolute atomic E-state index is 6.15. The Morgan fingerprint density at radius 2 is 2.09 bits per heavy atom. The summed E-state index contributed by atoms with van der Waals surface area (Å²) in [7, 11) is 0. The predicted octanol–water partition coefficient (Wildman–Crippen LogP) is 1.47. The molecule has 2 aromatic heterocycles. The first-order chi connectivity index (χ1) is 11.3. The van der Waals surface area contributed by atoms with Gasteiger partial charge in [0, 0.05) is 44.3 Å². The molecule has 0 N–H and O–H groups in total. The van der Waals surface area contributed by atoms with Crippen LogP contribution in [0.4, 0.5) is 5.82 Å². The molecule has 0 aliphatic carbocycles. The average Bonchev–Trinajstić information content (AvgIpc) is 2.98. The lowest BCUT2D eigenvalue weighted by molar-refractivity contribution is -0.00844. The van der Waals surface area contributed by atoms with Crippen molar-refractivity contribution in [3.63, 3.8) is 0 Å².